The zero-order valence-electron chi connectivity index (χ0n) is 17.7. The van der Waals surface area contributed by atoms with Crippen molar-refractivity contribution in [2.45, 2.75) is 45.6 Å². The Balaban J connectivity index is 1.64. The van der Waals surface area contributed by atoms with Gasteiger partial charge in [0.1, 0.15) is 11.9 Å². The van der Waals surface area contributed by atoms with Crippen molar-refractivity contribution in [1.82, 2.24) is 5.32 Å². The smallest absolute Gasteiger partial charge is 0.254 e. The zero-order chi connectivity index (χ0) is 21.5. The average Bonchev–Trinajstić information content (AvgIpc) is 3.02. The van der Waals surface area contributed by atoms with Gasteiger partial charge < -0.3 is 15.5 Å². The van der Waals surface area contributed by atoms with Gasteiger partial charge in [-0.1, -0.05) is 38.8 Å². The number of carbonyl (C=O) groups excluding carboxylic acids is 2. The van der Waals surface area contributed by atoms with E-state index in [2.05, 4.69) is 15.5 Å². The Morgan fingerprint density at radius 3 is 2.17 bits per heavy atom. The summed E-state index contributed by atoms with van der Waals surface area (Å²) in [6.07, 6.45) is 4.96. The van der Waals surface area contributed by atoms with Gasteiger partial charge in [-0.15, -0.1) is 0 Å². The summed E-state index contributed by atoms with van der Waals surface area (Å²) in [5, 5.41) is 5.54. The quantitative estimate of drug-likeness (QED) is 0.730. The number of hydrogen-bond donors (Lipinski definition) is 2. The van der Waals surface area contributed by atoms with Crippen LogP contribution in [0.4, 0.5) is 15.8 Å². The predicted molar refractivity (Wildman–Crippen MR) is 118 cm³/mol. The van der Waals surface area contributed by atoms with Gasteiger partial charge in [0.25, 0.3) is 5.91 Å². The fourth-order valence-electron chi connectivity index (χ4n) is 3.70. The van der Waals surface area contributed by atoms with Crippen molar-refractivity contribution in [1.29, 1.82) is 0 Å². The van der Waals surface area contributed by atoms with E-state index >= 15 is 0 Å². The normalized spacial score (nSPS) is 15.4. The second-order valence-electron chi connectivity index (χ2n) is 8.11. The molecule has 2 amide bonds. The minimum Gasteiger partial charge on any atom is -0.372 e. The van der Waals surface area contributed by atoms with Crippen LogP contribution in [0, 0.1) is 11.7 Å². The van der Waals surface area contributed by atoms with E-state index in [4.69, 9.17) is 0 Å². The summed E-state index contributed by atoms with van der Waals surface area (Å²) < 4.78 is 13.9. The molecule has 1 fully saturated rings. The molecule has 3 rings (SSSR count). The maximum Gasteiger partial charge on any atom is 0.254 e. The summed E-state index contributed by atoms with van der Waals surface area (Å²) >= 11 is 0. The van der Waals surface area contributed by atoms with Gasteiger partial charge in [-0.05, 0) is 55.2 Å². The molecule has 0 bridgehead atoms. The summed E-state index contributed by atoms with van der Waals surface area (Å²) in [4.78, 5) is 27.6. The molecule has 6 heteroatoms. The van der Waals surface area contributed by atoms with Crippen molar-refractivity contribution < 1.29 is 14.0 Å². The molecule has 1 saturated heterocycles. The minimum absolute atomic E-state index is 0.0715. The Labute approximate surface area is 177 Å². The molecule has 160 valence electrons. The molecule has 2 aromatic rings. The van der Waals surface area contributed by atoms with Crippen LogP contribution >= 0.6 is 0 Å². The van der Waals surface area contributed by atoms with E-state index in [0.717, 1.165) is 18.8 Å². The van der Waals surface area contributed by atoms with E-state index in [1.54, 1.807) is 6.07 Å². The second kappa shape index (κ2) is 10.2. The first-order valence-electron chi connectivity index (χ1n) is 10.7. The monoisotopic (exact) mass is 411 g/mol. The standard InChI is InChI=1S/C24H30FN3O2/c1-17(2)22(27-23(29)20-9-5-6-10-21(20)25)24(30)26-18-11-13-19(14-12-18)28-15-7-3-4-8-16-28/h5-6,9-14,17,22H,3-4,7-8,15-16H2,1-2H3,(H,26,30)(H,27,29)/t22-/m0/s1. The number of rotatable bonds is 6. The number of carbonyl (C=O) groups is 2. The molecule has 1 aliphatic rings. The molecule has 0 radical (unpaired) electrons. The van der Waals surface area contributed by atoms with Gasteiger partial charge in [0, 0.05) is 24.5 Å². The van der Waals surface area contributed by atoms with Gasteiger partial charge in [-0.3, -0.25) is 9.59 Å². The van der Waals surface area contributed by atoms with Gasteiger partial charge in [-0.2, -0.15) is 0 Å². The molecule has 30 heavy (non-hydrogen) atoms. The summed E-state index contributed by atoms with van der Waals surface area (Å²) in [7, 11) is 0. The van der Waals surface area contributed by atoms with Crippen molar-refractivity contribution in [2.24, 2.45) is 5.92 Å². The van der Waals surface area contributed by atoms with Crippen LogP contribution in [0.3, 0.4) is 0 Å². The number of nitrogens with one attached hydrogen (secondary N) is 2. The first kappa shape index (κ1) is 21.8. The SMILES string of the molecule is CC(C)[C@H](NC(=O)c1ccccc1F)C(=O)Nc1ccc(N2CCCCCC2)cc1. The van der Waals surface area contributed by atoms with Crippen LogP contribution in [0.15, 0.2) is 48.5 Å². The highest BCUT2D eigenvalue weighted by Gasteiger charge is 2.25. The molecule has 0 saturated carbocycles. The lowest BCUT2D eigenvalue weighted by atomic mass is 10.0. The number of benzene rings is 2. The van der Waals surface area contributed by atoms with Gasteiger partial charge in [0.05, 0.1) is 5.56 Å². The van der Waals surface area contributed by atoms with Crippen LogP contribution in [0.5, 0.6) is 0 Å². The van der Waals surface area contributed by atoms with E-state index in [0.29, 0.717) is 5.69 Å². The van der Waals surface area contributed by atoms with E-state index in [9.17, 15) is 14.0 Å². The Hall–Kier alpha value is -2.89. The Morgan fingerprint density at radius 1 is 0.933 bits per heavy atom. The molecule has 5 nitrogen and oxygen atoms in total. The second-order valence-corrected chi connectivity index (χ2v) is 8.11. The van der Waals surface area contributed by atoms with Crippen molar-refractivity contribution in [3.05, 3.63) is 59.9 Å². The molecular formula is C24H30FN3O2. The molecule has 2 aromatic carbocycles. The maximum absolute atomic E-state index is 13.9. The van der Waals surface area contributed by atoms with Crippen molar-refractivity contribution in [2.75, 3.05) is 23.3 Å². The highest BCUT2D eigenvalue weighted by atomic mass is 19.1. The molecule has 0 aromatic heterocycles. The summed E-state index contributed by atoms with van der Waals surface area (Å²) in [6.45, 7) is 5.80. The van der Waals surface area contributed by atoms with Gasteiger partial charge >= 0.3 is 0 Å². The number of hydrogen-bond acceptors (Lipinski definition) is 3. The van der Waals surface area contributed by atoms with Gasteiger partial charge in [0.2, 0.25) is 5.91 Å². The van der Waals surface area contributed by atoms with Crippen LogP contribution in [-0.4, -0.2) is 30.9 Å². The fourth-order valence-corrected chi connectivity index (χ4v) is 3.70. The lowest BCUT2D eigenvalue weighted by molar-refractivity contribution is -0.118. The largest absolute Gasteiger partial charge is 0.372 e. The summed E-state index contributed by atoms with van der Waals surface area (Å²) in [5.41, 5.74) is 1.75. The zero-order valence-corrected chi connectivity index (χ0v) is 17.7. The predicted octanol–water partition coefficient (Wildman–Crippen LogP) is 4.60. The van der Waals surface area contributed by atoms with Gasteiger partial charge in [-0.25, -0.2) is 4.39 Å². The lowest BCUT2D eigenvalue weighted by Crippen LogP contribution is -2.47. The van der Waals surface area contributed by atoms with Crippen LogP contribution in [0.25, 0.3) is 0 Å². The van der Waals surface area contributed by atoms with Crippen molar-refractivity contribution in [3.8, 4) is 0 Å². The number of nitrogens with zero attached hydrogens (tertiary/aromatic N) is 1. The lowest BCUT2D eigenvalue weighted by Gasteiger charge is -2.24. The Bertz CT molecular complexity index is 859. The van der Waals surface area contributed by atoms with Crippen molar-refractivity contribution >= 4 is 23.2 Å². The first-order chi connectivity index (χ1) is 14.5. The molecule has 0 spiro atoms. The first-order valence-corrected chi connectivity index (χ1v) is 10.7. The Kier molecular flexibility index (Phi) is 7.44. The number of halogens is 1. The van der Waals surface area contributed by atoms with Gasteiger partial charge in [0.15, 0.2) is 0 Å². The molecule has 0 unspecified atom stereocenters. The highest BCUT2D eigenvalue weighted by Crippen LogP contribution is 2.22. The molecular weight excluding hydrogens is 381 g/mol. The fraction of sp³-hybridized carbons (Fsp3) is 0.417. The molecule has 0 aliphatic carbocycles. The third kappa shape index (κ3) is 5.59. The minimum atomic E-state index is -0.776. The summed E-state index contributed by atoms with van der Waals surface area (Å²) in [5.74, 6) is -1.69. The molecule has 1 aliphatic heterocycles. The van der Waals surface area contributed by atoms with Crippen LogP contribution in [-0.2, 0) is 4.79 Å². The Morgan fingerprint density at radius 2 is 1.57 bits per heavy atom. The van der Waals surface area contributed by atoms with Crippen LogP contribution < -0.4 is 15.5 Å². The maximum atomic E-state index is 13.9. The van der Waals surface area contributed by atoms with E-state index in [1.165, 1.54) is 43.9 Å². The molecule has 1 heterocycles. The van der Waals surface area contributed by atoms with Crippen LogP contribution in [0.2, 0.25) is 0 Å². The van der Waals surface area contributed by atoms with Crippen LogP contribution in [0.1, 0.15) is 49.9 Å². The average molecular weight is 412 g/mol. The topological polar surface area (TPSA) is 61.4 Å². The highest BCUT2D eigenvalue weighted by molar-refractivity contribution is 6.01. The van der Waals surface area contributed by atoms with E-state index in [1.807, 2.05) is 38.1 Å². The van der Waals surface area contributed by atoms with E-state index in [-0.39, 0.29) is 17.4 Å². The number of amides is 2. The number of anilines is 2. The molecule has 2 N–H and O–H groups in total. The molecule has 1 atom stereocenters. The van der Waals surface area contributed by atoms with E-state index < -0.39 is 17.8 Å². The summed E-state index contributed by atoms with van der Waals surface area (Å²) in [6, 6.07) is 12.8. The third-order valence-electron chi connectivity index (χ3n) is 5.46. The van der Waals surface area contributed by atoms with Crippen molar-refractivity contribution in [3.63, 3.8) is 0 Å². The third-order valence-corrected chi connectivity index (χ3v) is 5.46.